The van der Waals surface area contributed by atoms with Crippen LogP contribution in [0.5, 0.6) is 17.2 Å². The molecule has 1 atom stereocenters. The highest BCUT2D eigenvalue weighted by Gasteiger charge is 2.17. The molecule has 4 rings (SSSR count). The summed E-state index contributed by atoms with van der Waals surface area (Å²) in [5, 5.41) is 2.89. The molecule has 2 heterocycles. The molecule has 0 radical (unpaired) electrons. The Morgan fingerprint density at radius 2 is 1.64 bits per heavy atom. The Labute approximate surface area is 231 Å². The minimum Gasteiger partial charge on any atom is -0.493 e. The number of nitrogens with zero attached hydrogens (tertiary/aromatic N) is 3. The van der Waals surface area contributed by atoms with Gasteiger partial charge in [0.1, 0.15) is 11.9 Å². The quantitative estimate of drug-likeness (QED) is 0.355. The van der Waals surface area contributed by atoms with Crippen LogP contribution in [0.15, 0.2) is 73.1 Å². The van der Waals surface area contributed by atoms with Crippen molar-refractivity contribution in [2.75, 3.05) is 46.9 Å². The van der Waals surface area contributed by atoms with Gasteiger partial charge in [-0.1, -0.05) is 24.3 Å². The molecule has 1 amide bonds. The van der Waals surface area contributed by atoms with Crippen molar-refractivity contribution in [3.63, 3.8) is 0 Å². The summed E-state index contributed by atoms with van der Waals surface area (Å²) in [6.45, 7) is 8.45. The van der Waals surface area contributed by atoms with Crippen LogP contribution in [-0.2, 0) is 17.9 Å². The molecular weight excluding hydrogens is 492 g/mol. The number of carbonyl (C=O) groups is 1. The van der Waals surface area contributed by atoms with Crippen LogP contribution in [0.2, 0.25) is 0 Å². The smallest absolute Gasteiger partial charge is 0.244 e. The first kappa shape index (κ1) is 28.1. The van der Waals surface area contributed by atoms with Crippen LogP contribution in [0, 0.1) is 0 Å². The van der Waals surface area contributed by atoms with Crippen molar-refractivity contribution >= 4 is 12.0 Å². The summed E-state index contributed by atoms with van der Waals surface area (Å²) in [5.41, 5.74) is 3.38. The van der Waals surface area contributed by atoms with E-state index >= 15 is 0 Å². The lowest BCUT2D eigenvalue weighted by molar-refractivity contribution is -0.116. The highest BCUT2D eigenvalue weighted by molar-refractivity contribution is 5.91. The molecule has 3 aromatic rings. The van der Waals surface area contributed by atoms with E-state index < -0.39 is 0 Å². The predicted molar refractivity (Wildman–Crippen MR) is 153 cm³/mol. The van der Waals surface area contributed by atoms with E-state index in [1.165, 1.54) is 17.2 Å². The van der Waals surface area contributed by atoms with Gasteiger partial charge in [0.15, 0.2) is 11.5 Å². The second-order valence-electron chi connectivity index (χ2n) is 9.68. The van der Waals surface area contributed by atoms with E-state index in [0.717, 1.165) is 50.6 Å². The molecule has 1 fully saturated rings. The average Bonchev–Trinajstić information content (AvgIpc) is 2.97. The number of carbonyl (C=O) groups excluding carboxylic acids is 1. The Morgan fingerprint density at radius 1 is 0.949 bits per heavy atom. The summed E-state index contributed by atoms with van der Waals surface area (Å²) in [4.78, 5) is 21.5. The Balaban J connectivity index is 1.16. The summed E-state index contributed by atoms with van der Waals surface area (Å²) >= 11 is 0. The summed E-state index contributed by atoms with van der Waals surface area (Å²) < 4.78 is 16.6. The maximum Gasteiger partial charge on any atom is 0.244 e. The highest BCUT2D eigenvalue weighted by Crippen LogP contribution is 2.28. The minimum atomic E-state index is -0.184. The molecular formula is C31H38N4O4. The van der Waals surface area contributed by atoms with Crippen molar-refractivity contribution in [1.29, 1.82) is 0 Å². The number of hydrogen-bond donors (Lipinski definition) is 1. The molecule has 206 valence electrons. The second-order valence-corrected chi connectivity index (χ2v) is 9.68. The van der Waals surface area contributed by atoms with Gasteiger partial charge in [0.2, 0.25) is 5.91 Å². The molecule has 0 spiro atoms. The van der Waals surface area contributed by atoms with Gasteiger partial charge in [-0.15, -0.1) is 0 Å². The van der Waals surface area contributed by atoms with Crippen LogP contribution in [0.3, 0.4) is 0 Å². The lowest BCUT2D eigenvalue weighted by atomic mass is 10.1. The summed E-state index contributed by atoms with van der Waals surface area (Å²) in [7, 11) is 3.17. The van der Waals surface area contributed by atoms with E-state index in [0.29, 0.717) is 18.0 Å². The zero-order valence-electron chi connectivity index (χ0n) is 23.0. The molecule has 0 saturated carbocycles. The van der Waals surface area contributed by atoms with E-state index in [9.17, 15) is 4.79 Å². The third-order valence-corrected chi connectivity index (χ3v) is 6.66. The average molecular weight is 531 g/mol. The fraction of sp³-hybridized carbons (Fsp3) is 0.355. The first-order chi connectivity index (χ1) is 19.0. The van der Waals surface area contributed by atoms with Gasteiger partial charge in [-0.25, -0.2) is 0 Å². The molecule has 0 bridgehead atoms. The number of rotatable bonds is 12. The molecule has 8 nitrogen and oxygen atoms in total. The molecule has 1 N–H and O–H groups in total. The van der Waals surface area contributed by atoms with Gasteiger partial charge in [0, 0.05) is 57.7 Å². The van der Waals surface area contributed by atoms with Crippen LogP contribution in [0.1, 0.15) is 23.6 Å². The van der Waals surface area contributed by atoms with E-state index in [-0.39, 0.29) is 12.0 Å². The standard InChI is InChI=1S/C31H38N4O4/c1-24(20-33-31(36)13-9-25-8-12-29(37-2)30(19-25)38-3)39-28-10-6-26(7-11-28)22-34-15-17-35(18-16-34)23-27-5-4-14-32-21-27/h4-14,19,21,24H,15-18,20,22-23H2,1-3H3,(H,33,36)/b13-9+. The van der Waals surface area contributed by atoms with Gasteiger partial charge in [-0.3, -0.25) is 19.6 Å². The van der Waals surface area contributed by atoms with E-state index in [1.54, 1.807) is 20.3 Å². The molecule has 8 heteroatoms. The molecule has 1 unspecified atom stereocenters. The van der Waals surface area contributed by atoms with Crippen molar-refractivity contribution in [1.82, 2.24) is 20.1 Å². The van der Waals surface area contributed by atoms with Crippen molar-refractivity contribution in [3.8, 4) is 17.2 Å². The minimum absolute atomic E-state index is 0.165. The van der Waals surface area contributed by atoms with Gasteiger partial charge in [0.25, 0.3) is 0 Å². The largest absolute Gasteiger partial charge is 0.493 e. The summed E-state index contributed by atoms with van der Waals surface area (Å²) in [6.07, 6.45) is 6.84. The lowest BCUT2D eigenvalue weighted by Gasteiger charge is -2.34. The van der Waals surface area contributed by atoms with E-state index in [1.807, 2.05) is 55.7 Å². The fourth-order valence-electron chi connectivity index (χ4n) is 4.49. The Kier molecular flexibility index (Phi) is 10.3. The Hall–Kier alpha value is -3.88. The third-order valence-electron chi connectivity index (χ3n) is 6.66. The molecule has 1 aromatic heterocycles. The number of aromatic nitrogens is 1. The zero-order valence-corrected chi connectivity index (χ0v) is 23.0. The molecule has 1 saturated heterocycles. The number of pyridine rings is 1. The molecule has 2 aromatic carbocycles. The third kappa shape index (κ3) is 8.84. The first-order valence-corrected chi connectivity index (χ1v) is 13.3. The number of ether oxygens (including phenoxy) is 3. The van der Waals surface area contributed by atoms with Gasteiger partial charge < -0.3 is 19.5 Å². The monoisotopic (exact) mass is 530 g/mol. The molecule has 39 heavy (non-hydrogen) atoms. The van der Waals surface area contributed by atoms with Crippen molar-refractivity contribution < 1.29 is 19.0 Å². The first-order valence-electron chi connectivity index (χ1n) is 13.3. The maximum absolute atomic E-state index is 12.3. The number of amides is 1. The molecule has 0 aliphatic carbocycles. The number of piperazine rings is 1. The predicted octanol–water partition coefficient (Wildman–Crippen LogP) is 4.01. The maximum atomic E-state index is 12.3. The number of methoxy groups -OCH3 is 2. The van der Waals surface area contributed by atoms with Gasteiger partial charge in [0.05, 0.1) is 20.8 Å². The Bertz CT molecular complexity index is 1210. The number of benzene rings is 2. The zero-order chi connectivity index (χ0) is 27.5. The number of nitrogens with one attached hydrogen (secondary N) is 1. The van der Waals surface area contributed by atoms with E-state index in [2.05, 4.69) is 38.3 Å². The summed E-state index contributed by atoms with van der Waals surface area (Å²) in [6, 6.07) is 17.9. The van der Waals surface area contributed by atoms with Crippen LogP contribution in [0.4, 0.5) is 0 Å². The van der Waals surface area contributed by atoms with Gasteiger partial charge in [-0.05, 0) is 60.0 Å². The van der Waals surface area contributed by atoms with Gasteiger partial charge in [-0.2, -0.15) is 0 Å². The Morgan fingerprint density at radius 3 is 2.28 bits per heavy atom. The summed E-state index contributed by atoms with van der Waals surface area (Å²) in [5.74, 6) is 1.87. The highest BCUT2D eigenvalue weighted by atomic mass is 16.5. The van der Waals surface area contributed by atoms with Crippen LogP contribution in [0.25, 0.3) is 6.08 Å². The topological polar surface area (TPSA) is 76.2 Å². The number of hydrogen-bond acceptors (Lipinski definition) is 7. The SMILES string of the molecule is COc1ccc(/C=C/C(=O)NCC(C)Oc2ccc(CN3CCN(Cc4cccnc4)CC3)cc2)cc1OC. The second kappa shape index (κ2) is 14.3. The normalized spacial score (nSPS) is 15.2. The molecule has 1 aliphatic rings. The van der Waals surface area contributed by atoms with Crippen molar-refractivity contribution in [2.24, 2.45) is 0 Å². The van der Waals surface area contributed by atoms with Gasteiger partial charge >= 0.3 is 0 Å². The van der Waals surface area contributed by atoms with Crippen LogP contribution >= 0.6 is 0 Å². The fourth-order valence-corrected chi connectivity index (χ4v) is 4.49. The van der Waals surface area contributed by atoms with Crippen molar-refractivity contribution in [3.05, 3.63) is 89.8 Å². The lowest BCUT2D eigenvalue weighted by Crippen LogP contribution is -2.45. The van der Waals surface area contributed by atoms with E-state index in [4.69, 9.17) is 14.2 Å². The molecule has 1 aliphatic heterocycles. The van der Waals surface area contributed by atoms with Crippen LogP contribution < -0.4 is 19.5 Å². The van der Waals surface area contributed by atoms with Crippen molar-refractivity contribution in [2.45, 2.75) is 26.1 Å². The van der Waals surface area contributed by atoms with Crippen LogP contribution in [-0.4, -0.2) is 73.7 Å².